The molecule has 1 aliphatic carbocycles. The fourth-order valence-electron chi connectivity index (χ4n) is 3.79. The molecule has 4 rings (SSSR count). The Labute approximate surface area is 189 Å². The Morgan fingerprint density at radius 1 is 1.28 bits per heavy atom. The number of rotatable bonds is 7. The van der Waals surface area contributed by atoms with Crippen molar-refractivity contribution in [1.82, 2.24) is 20.3 Å². The van der Waals surface area contributed by atoms with Crippen molar-refractivity contribution in [2.24, 2.45) is 5.92 Å². The Kier molecular flexibility index (Phi) is 6.80. The summed E-state index contributed by atoms with van der Waals surface area (Å²) in [6, 6.07) is 2.81. The van der Waals surface area contributed by atoms with Gasteiger partial charge in [-0.25, -0.2) is 19.3 Å². The van der Waals surface area contributed by atoms with Gasteiger partial charge in [0.05, 0.1) is 23.4 Å². The number of nitrogens with zero attached hydrogens (tertiary/aromatic N) is 3. The van der Waals surface area contributed by atoms with Crippen LogP contribution in [0.2, 0.25) is 0 Å². The van der Waals surface area contributed by atoms with Gasteiger partial charge in [-0.2, -0.15) is 0 Å². The maximum atomic E-state index is 14.4. The molecule has 4 N–H and O–H groups in total. The van der Waals surface area contributed by atoms with E-state index in [0.717, 1.165) is 25.7 Å². The fraction of sp³-hybridized carbons (Fsp3) is 0.455. The first kappa shape index (κ1) is 22.3. The number of thiazole rings is 1. The second kappa shape index (κ2) is 9.74. The zero-order chi connectivity index (χ0) is 22.7. The molecule has 0 saturated heterocycles. The van der Waals surface area contributed by atoms with E-state index < -0.39 is 5.82 Å². The second-order valence-electron chi connectivity index (χ2n) is 8.39. The molecule has 0 radical (unpaired) electrons. The van der Waals surface area contributed by atoms with E-state index in [4.69, 9.17) is 0 Å². The van der Waals surface area contributed by atoms with Gasteiger partial charge in [-0.15, -0.1) is 11.3 Å². The topological polar surface area (TPSA) is 112 Å². The number of aliphatic hydroxyl groups is 1. The molecule has 170 valence electrons. The molecule has 1 amide bonds. The predicted octanol–water partition coefficient (Wildman–Crippen LogP) is 4.07. The molecule has 3 aromatic heterocycles. The van der Waals surface area contributed by atoms with Gasteiger partial charge in [0.25, 0.3) is 5.91 Å². The summed E-state index contributed by atoms with van der Waals surface area (Å²) in [6.45, 7) is 3.93. The number of hydrogen-bond donors (Lipinski definition) is 4. The third-order valence-corrected chi connectivity index (χ3v) is 6.43. The molecule has 0 bridgehead atoms. The van der Waals surface area contributed by atoms with Crippen LogP contribution in [-0.4, -0.2) is 44.7 Å². The molecule has 1 aliphatic rings. The molecule has 1 saturated carbocycles. The summed E-state index contributed by atoms with van der Waals surface area (Å²) >= 11 is 1.32. The van der Waals surface area contributed by atoms with Gasteiger partial charge < -0.3 is 21.1 Å². The van der Waals surface area contributed by atoms with Crippen LogP contribution in [0.3, 0.4) is 0 Å². The summed E-state index contributed by atoms with van der Waals surface area (Å²) in [7, 11) is 0. The molecule has 10 heteroatoms. The van der Waals surface area contributed by atoms with Crippen LogP contribution in [0.4, 0.5) is 21.7 Å². The Bertz CT molecular complexity index is 1100. The van der Waals surface area contributed by atoms with Gasteiger partial charge in [0.2, 0.25) is 0 Å². The van der Waals surface area contributed by atoms with Crippen LogP contribution < -0.4 is 16.0 Å². The maximum Gasteiger partial charge on any atom is 0.255 e. The highest BCUT2D eigenvalue weighted by molar-refractivity contribution is 7.16. The summed E-state index contributed by atoms with van der Waals surface area (Å²) < 4.78 is 14.4. The Balaban J connectivity index is 1.57. The van der Waals surface area contributed by atoms with E-state index >= 15 is 0 Å². The number of aliphatic hydroxyl groups excluding tert-OH is 1. The van der Waals surface area contributed by atoms with Gasteiger partial charge in [-0.05, 0) is 38.5 Å². The van der Waals surface area contributed by atoms with E-state index in [1.165, 1.54) is 23.6 Å². The first-order valence-corrected chi connectivity index (χ1v) is 11.7. The summed E-state index contributed by atoms with van der Waals surface area (Å²) in [5, 5.41) is 18.6. The van der Waals surface area contributed by atoms with Crippen LogP contribution in [0.5, 0.6) is 0 Å². The number of aromatic nitrogens is 3. The van der Waals surface area contributed by atoms with Gasteiger partial charge in [0.15, 0.2) is 11.6 Å². The van der Waals surface area contributed by atoms with E-state index in [2.05, 4.69) is 37.8 Å². The van der Waals surface area contributed by atoms with Crippen LogP contribution in [0.25, 0.3) is 10.3 Å². The van der Waals surface area contributed by atoms with Crippen molar-refractivity contribution >= 4 is 44.9 Å². The molecule has 0 aliphatic heterocycles. The van der Waals surface area contributed by atoms with Gasteiger partial charge in [-0.1, -0.05) is 6.92 Å². The average Bonchev–Trinajstić information content (AvgIpc) is 3.22. The SMILES string of the molecule is CC1CCC(NC(=O)c2cnc(Nc3nc4scnc4cc3F)cc2NC(C)CO)CC1. The van der Waals surface area contributed by atoms with Crippen molar-refractivity contribution in [1.29, 1.82) is 0 Å². The molecule has 32 heavy (non-hydrogen) atoms. The zero-order valence-corrected chi connectivity index (χ0v) is 18.9. The fourth-order valence-corrected chi connectivity index (χ4v) is 4.43. The number of carbonyl (C=O) groups is 1. The highest BCUT2D eigenvalue weighted by Crippen LogP contribution is 2.27. The molecule has 1 unspecified atom stereocenters. The van der Waals surface area contributed by atoms with Crippen LogP contribution >= 0.6 is 11.3 Å². The van der Waals surface area contributed by atoms with Crippen molar-refractivity contribution in [2.45, 2.75) is 51.6 Å². The minimum absolute atomic E-state index is 0.0314. The normalized spacial score (nSPS) is 19.5. The molecule has 3 aromatic rings. The summed E-state index contributed by atoms with van der Waals surface area (Å²) in [5.41, 5.74) is 2.98. The summed E-state index contributed by atoms with van der Waals surface area (Å²) in [6.07, 6.45) is 5.57. The van der Waals surface area contributed by atoms with E-state index in [1.54, 1.807) is 18.5 Å². The maximum absolute atomic E-state index is 14.4. The summed E-state index contributed by atoms with van der Waals surface area (Å²) in [4.78, 5) is 26.2. The standard InChI is InChI=1S/C22H27FN6O2S/c1-12-3-5-14(6-4-12)27-21(31)15-9-24-19(8-17(15)26-13(2)10-30)28-20-16(23)7-18-22(29-20)32-11-25-18/h7-9,11-14,30H,3-6,10H2,1-2H3,(H,27,31)(H2,24,26,28,29). The minimum Gasteiger partial charge on any atom is -0.394 e. The molecule has 0 aromatic carbocycles. The molecule has 1 fully saturated rings. The number of pyridine rings is 2. The lowest BCUT2D eigenvalue weighted by Crippen LogP contribution is -2.38. The molecule has 8 nitrogen and oxygen atoms in total. The number of hydrogen-bond acceptors (Lipinski definition) is 8. The molecular formula is C22H27FN6O2S. The van der Waals surface area contributed by atoms with E-state index in [-0.39, 0.29) is 30.4 Å². The number of halogens is 1. The van der Waals surface area contributed by atoms with E-state index in [9.17, 15) is 14.3 Å². The molecule has 1 atom stereocenters. The van der Waals surface area contributed by atoms with Crippen LogP contribution in [0.1, 0.15) is 49.9 Å². The smallest absolute Gasteiger partial charge is 0.255 e. The lowest BCUT2D eigenvalue weighted by molar-refractivity contribution is 0.0923. The zero-order valence-electron chi connectivity index (χ0n) is 18.1. The van der Waals surface area contributed by atoms with Crippen LogP contribution in [0, 0.1) is 11.7 Å². The third kappa shape index (κ3) is 5.13. The number of anilines is 3. The highest BCUT2D eigenvalue weighted by atomic mass is 32.1. The van der Waals surface area contributed by atoms with E-state index in [0.29, 0.717) is 33.3 Å². The lowest BCUT2D eigenvalue weighted by Gasteiger charge is -2.27. The van der Waals surface area contributed by atoms with Gasteiger partial charge in [0.1, 0.15) is 16.2 Å². The first-order chi connectivity index (χ1) is 15.4. The average molecular weight is 459 g/mol. The van der Waals surface area contributed by atoms with Gasteiger partial charge in [0, 0.05) is 30.4 Å². The van der Waals surface area contributed by atoms with Crippen molar-refractivity contribution in [3.63, 3.8) is 0 Å². The number of amides is 1. The Morgan fingerprint density at radius 2 is 2.06 bits per heavy atom. The first-order valence-electron chi connectivity index (χ1n) is 10.8. The largest absolute Gasteiger partial charge is 0.394 e. The quantitative estimate of drug-likeness (QED) is 0.422. The number of fused-ring (bicyclic) bond motifs is 1. The second-order valence-corrected chi connectivity index (χ2v) is 9.23. The molecule has 3 heterocycles. The Hall–Kier alpha value is -2.85. The number of carbonyl (C=O) groups excluding carboxylic acids is 1. The van der Waals surface area contributed by atoms with Crippen molar-refractivity contribution in [3.05, 3.63) is 35.2 Å². The minimum atomic E-state index is -0.545. The highest BCUT2D eigenvalue weighted by Gasteiger charge is 2.22. The predicted molar refractivity (Wildman–Crippen MR) is 124 cm³/mol. The molecular weight excluding hydrogens is 431 g/mol. The van der Waals surface area contributed by atoms with E-state index in [1.807, 2.05) is 0 Å². The Morgan fingerprint density at radius 3 is 2.81 bits per heavy atom. The monoisotopic (exact) mass is 458 g/mol. The lowest BCUT2D eigenvalue weighted by atomic mass is 9.87. The van der Waals surface area contributed by atoms with Crippen molar-refractivity contribution in [2.75, 3.05) is 17.2 Å². The van der Waals surface area contributed by atoms with Crippen molar-refractivity contribution < 1.29 is 14.3 Å². The van der Waals surface area contributed by atoms with Gasteiger partial charge >= 0.3 is 0 Å². The van der Waals surface area contributed by atoms with Crippen LogP contribution in [0.15, 0.2) is 23.8 Å². The third-order valence-electron chi connectivity index (χ3n) is 5.70. The van der Waals surface area contributed by atoms with Crippen LogP contribution in [-0.2, 0) is 0 Å². The molecule has 0 spiro atoms. The van der Waals surface area contributed by atoms with Gasteiger partial charge in [-0.3, -0.25) is 4.79 Å². The number of nitrogens with one attached hydrogen (secondary N) is 3. The van der Waals surface area contributed by atoms with Crippen molar-refractivity contribution in [3.8, 4) is 0 Å². The summed E-state index contributed by atoms with van der Waals surface area (Å²) in [5.74, 6) is 0.291.